The van der Waals surface area contributed by atoms with Gasteiger partial charge in [0.1, 0.15) is 6.04 Å². The Morgan fingerprint density at radius 3 is 2.50 bits per heavy atom. The van der Waals surface area contributed by atoms with E-state index in [1.807, 2.05) is 0 Å². The van der Waals surface area contributed by atoms with Gasteiger partial charge in [-0.25, -0.2) is 20.0 Å². The number of ether oxygens (including phenoxy) is 4. The summed E-state index contributed by atoms with van der Waals surface area (Å²) < 4.78 is 21.5. The minimum absolute atomic E-state index is 0.210. The quantitative estimate of drug-likeness (QED) is 0.799. The van der Waals surface area contributed by atoms with E-state index in [1.54, 1.807) is 13.8 Å². The van der Waals surface area contributed by atoms with E-state index in [1.165, 1.54) is 0 Å². The fourth-order valence-electron chi connectivity index (χ4n) is 2.93. The molecular formula is C14H24N2O6. The Bertz CT molecular complexity index is 397. The number of rotatable bonds is 3. The summed E-state index contributed by atoms with van der Waals surface area (Å²) in [5.74, 6) is -0.871. The molecule has 2 rings (SSSR count). The van der Waals surface area contributed by atoms with E-state index in [2.05, 4.69) is 5.43 Å². The lowest BCUT2D eigenvalue weighted by molar-refractivity contribution is -0.218. The standard InChI is InChI=1S/C14H24N2O6/c1-3-19-12(17)15-16(13(18)20-4-2)11-7-5-6-8-14(11)21-9-10-22-14/h11H,3-10H2,1-2H3,(H,15,17). The molecule has 0 radical (unpaired) electrons. The van der Waals surface area contributed by atoms with Crippen LogP contribution in [0.5, 0.6) is 0 Å². The molecule has 2 fully saturated rings. The molecule has 2 amide bonds. The maximum Gasteiger partial charge on any atom is 0.429 e. The van der Waals surface area contributed by atoms with Gasteiger partial charge in [0.15, 0.2) is 5.79 Å². The molecule has 126 valence electrons. The highest BCUT2D eigenvalue weighted by Crippen LogP contribution is 2.38. The van der Waals surface area contributed by atoms with Crippen molar-refractivity contribution in [1.29, 1.82) is 0 Å². The first-order valence-electron chi connectivity index (χ1n) is 7.80. The molecule has 1 aliphatic heterocycles. The summed E-state index contributed by atoms with van der Waals surface area (Å²) in [4.78, 5) is 24.0. The highest BCUT2D eigenvalue weighted by atomic mass is 16.7. The third-order valence-corrected chi connectivity index (χ3v) is 3.80. The van der Waals surface area contributed by atoms with Crippen LogP contribution in [-0.2, 0) is 18.9 Å². The summed E-state index contributed by atoms with van der Waals surface area (Å²) in [6, 6.07) is -0.438. The molecule has 1 heterocycles. The van der Waals surface area contributed by atoms with Gasteiger partial charge in [0.25, 0.3) is 0 Å². The summed E-state index contributed by atoms with van der Waals surface area (Å²) in [6.07, 6.45) is 1.87. The fourth-order valence-corrected chi connectivity index (χ4v) is 2.93. The molecule has 1 spiro atoms. The SMILES string of the molecule is CCOC(=O)NN(C(=O)OCC)C1CCCCC12OCCO2. The molecule has 1 atom stereocenters. The number of amides is 2. The van der Waals surface area contributed by atoms with Crippen LogP contribution >= 0.6 is 0 Å². The number of hydrogen-bond acceptors (Lipinski definition) is 6. The minimum atomic E-state index is -0.871. The van der Waals surface area contributed by atoms with Crippen LogP contribution in [0.4, 0.5) is 9.59 Å². The van der Waals surface area contributed by atoms with Crippen molar-refractivity contribution in [2.75, 3.05) is 26.4 Å². The van der Waals surface area contributed by atoms with E-state index in [0.717, 1.165) is 17.9 Å². The lowest BCUT2D eigenvalue weighted by atomic mass is 9.88. The van der Waals surface area contributed by atoms with Crippen LogP contribution in [-0.4, -0.2) is 55.5 Å². The first-order chi connectivity index (χ1) is 10.6. The van der Waals surface area contributed by atoms with Crippen LogP contribution < -0.4 is 5.43 Å². The van der Waals surface area contributed by atoms with Crippen LogP contribution in [0.25, 0.3) is 0 Å². The third kappa shape index (κ3) is 3.61. The smallest absolute Gasteiger partial charge is 0.429 e. The predicted molar refractivity (Wildman–Crippen MR) is 75.9 cm³/mol. The molecule has 8 heteroatoms. The van der Waals surface area contributed by atoms with Crippen molar-refractivity contribution in [2.45, 2.75) is 51.4 Å². The number of carbonyl (C=O) groups excluding carboxylic acids is 2. The lowest BCUT2D eigenvalue weighted by Crippen LogP contribution is -2.62. The van der Waals surface area contributed by atoms with Crippen molar-refractivity contribution in [3.8, 4) is 0 Å². The van der Waals surface area contributed by atoms with Crippen molar-refractivity contribution >= 4 is 12.2 Å². The Labute approximate surface area is 130 Å². The van der Waals surface area contributed by atoms with E-state index >= 15 is 0 Å². The van der Waals surface area contributed by atoms with Crippen molar-refractivity contribution in [1.82, 2.24) is 10.4 Å². The largest absolute Gasteiger partial charge is 0.449 e. The molecule has 0 aromatic carbocycles. The minimum Gasteiger partial charge on any atom is -0.449 e. The van der Waals surface area contributed by atoms with Gasteiger partial charge in [-0.3, -0.25) is 0 Å². The Morgan fingerprint density at radius 2 is 1.86 bits per heavy atom. The average Bonchev–Trinajstić information content (AvgIpc) is 2.95. The third-order valence-electron chi connectivity index (χ3n) is 3.80. The van der Waals surface area contributed by atoms with Gasteiger partial charge in [0, 0.05) is 6.42 Å². The van der Waals surface area contributed by atoms with Crippen LogP contribution in [0.1, 0.15) is 39.5 Å². The van der Waals surface area contributed by atoms with Gasteiger partial charge in [0.05, 0.1) is 26.4 Å². The maximum atomic E-state index is 12.2. The summed E-state index contributed by atoms with van der Waals surface area (Å²) in [5, 5.41) is 1.16. The zero-order chi connectivity index (χ0) is 16.0. The van der Waals surface area contributed by atoms with E-state index in [9.17, 15) is 9.59 Å². The zero-order valence-corrected chi connectivity index (χ0v) is 13.1. The molecule has 22 heavy (non-hydrogen) atoms. The normalized spacial score (nSPS) is 23.1. The number of nitrogens with zero attached hydrogens (tertiary/aromatic N) is 1. The van der Waals surface area contributed by atoms with Crippen LogP contribution in [0.2, 0.25) is 0 Å². The van der Waals surface area contributed by atoms with E-state index in [-0.39, 0.29) is 13.2 Å². The number of hydrogen-bond donors (Lipinski definition) is 1. The highest BCUT2D eigenvalue weighted by Gasteiger charge is 2.51. The lowest BCUT2D eigenvalue weighted by Gasteiger charge is -2.43. The Kier molecular flexibility index (Phi) is 5.84. The van der Waals surface area contributed by atoms with Gasteiger partial charge in [-0.2, -0.15) is 0 Å². The maximum absolute atomic E-state index is 12.2. The van der Waals surface area contributed by atoms with Gasteiger partial charge >= 0.3 is 12.2 Å². The second kappa shape index (κ2) is 7.64. The topological polar surface area (TPSA) is 86.3 Å². The van der Waals surface area contributed by atoms with Gasteiger partial charge in [0.2, 0.25) is 0 Å². The molecule has 1 aliphatic carbocycles. The molecule has 0 aromatic heterocycles. The summed E-state index contributed by atoms with van der Waals surface area (Å²) in [5.41, 5.74) is 2.46. The summed E-state index contributed by atoms with van der Waals surface area (Å²) in [7, 11) is 0. The molecular weight excluding hydrogens is 292 g/mol. The molecule has 0 aromatic rings. The Hall–Kier alpha value is -1.54. The monoisotopic (exact) mass is 316 g/mol. The molecule has 1 unspecified atom stereocenters. The number of nitrogens with one attached hydrogen (secondary N) is 1. The molecule has 1 saturated carbocycles. The summed E-state index contributed by atoms with van der Waals surface area (Å²) >= 11 is 0. The highest BCUT2D eigenvalue weighted by molar-refractivity contribution is 5.74. The predicted octanol–water partition coefficient (Wildman–Crippen LogP) is 1.79. The molecule has 0 bridgehead atoms. The second-order valence-corrected chi connectivity index (χ2v) is 5.17. The van der Waals surface area contributed by atoms with Crippen molar-refractivity contribution in [2.24, 2.45) is 0 Å². The van der Waals surface area contributed by atoms with Gasteiger partial charge in [-0.05, 0) is 26.7 Å². The van der Waals surface area contributed by atoms with E-state index in [0.29, 0.717) is 26.1 Å². The summed E-state index contributed by atoms with van der Waals surface area (Å²) in [6.45, 7) is 4.78. The van der Waals surface area contributed by atoms with Gasteiger partial charge < -0.3 is 18.9 Å². The van der Waals surface area contributed by atoms with Gasteiger partial charge in [-0.1, -0.05) is 6.42 Å². The second-order valence-electron chi connectivity index (χ2n) is 5.17. The zero-order valence-electron chi connectivity index (χ0n) is 13.1. The number of hydrazine groups is 1. The Balaban J connectivity index is 2.17. The van der Waals surface area contributed by atoms with Crippen LogP contribution in [0, 0.1) is 0 Å². The van der Waals surface area contributed by atoms with E-state index < -0.39 is 24.0 Å². The first-order valence-corrected chi connectivity index (χ1v) is 7.80. The van der Waals surface area contributed by atoms with Crippen molar-refractivity contribution in [3.05, 3.63) is 0 Å². The van der Waals surface area contributed by atoms with Crippen LogP contribution in [0.3, 0.4) is 0 Å². The van der Waals surface area contributed by atoms with E-state index in [4.69, 9.17) is 18.9 Å². The van der Waals surface area contributed by atoms with Crippen molar-refractivity contribution in [3.63, 3.8) is 0 Å². The Morgan fingerprint density at radius 1 is 1.18 bits per heavy atom. The number of carbonyl (C=O) groups is 2. The van der Waals surface area contributed by atoms with Crippen molar-refractivity contribution < 1.29 is 28.5 Å². The molecule has 1 saturated heterocycles. The average molecular weight is 316 g/mol. The fraction of sp³-hybridized carbons (Fsp3) is 0.857. The molecule has 1 N–H and O–H groups in total. The molecule has 8 nitrogen and oxygen atoms in total. The van der Waals surface area contributed by atoms with Crippen LogP contribution in [0.15, 0.2) is 0 Å². The van der Waals surface area contributed by atoms with Gasteiger partial charge in [-0.15, -0.1) is 0 Å². The first kappa shape index (κ1) is 16.8. The molecule has 2 aliphatic rings.